The van der Waals surface area contributed by atoms with Gasteiger partial charge in [0.15, 0.2) is 0 Å². The highest BCUT2D eigenvalue weighted by molar-refractivity contribution is 9.10. The minimum absolute atomic E-state index is 0.497. The van der Waals surface area contributed by atoms with Crippen LogP contribution in [0, 0.1) is 6.92 Å². The summed E-state index contributed by atoms with van der Waals surface area (Å²) in [5.74, 6) is 0.659. The first-order valence-corrected chi connectivity index (χ1v) is 6.29. The number of rotatable bonds is 3. The highest BCUT2D eigenvalue weighted by Gasteiger charge is 2.14. The topological polar surface area (TPSA) is 33.4 Å². The summed E-state index contributed by atoms with van der Waals surface area (Å²) in [5, 5.41) is 10.9. The first-order chi connectivity index (χ1) is 7.63. The lowest BCUT2D eigenvalue weighted by molar-refractivity contribution is 0.141. The maximum atomic E-state index is 9.89. The highest BCUT2D eigenvalue weighted by Crippen LogP contribution is 2.32. The van der Waals surface area contributed by atoms with E-state index in [0.29, 0.717) is 5.76 Å². The van der Waals surface area contributed by atoms with Crippen LogP contribution in [0.4, 0.5) is 0 Å². The molecule has 1 N–H and O–H groups in total. The van der Waals surface area contributed by atoms with E-state index < -0.39 is 6.10 Å². The summed E-state index contributed by atoms with van der Waals surface area (Å²) in [5.41, 5.74) is 1.95. The summed E-state index contributed by atoms with van der Waals surface area (Å²) in [6.07, 6.45) is 1.18. The van der Waals surface area contributed by atoms with E-state index in [0.717, 1.165) is 33.8 Å². The van der Waals surface area contributed by atoms with E-state index >= 15 is 0 Å². The summed E-state index contributed by atoms with van der Waals surface area (Å²) in [6, 6.07) is 5.93. The van der Waals surface area contributed by atoms with Gasteiger partial charge in [0.2, 0.25) is 0 Å². The Labute approximate surface area is 103 Å². The van der Waals surface area contributed by atoms with Crippen molar-refractivity contribution in [2.45, 2.75) is 32.8 Å². The van der Waals surface area contributed by atoms with E-state index in [4.69, 9.17) is 4.42 Å². The number of hydrogen-bond donors (Lipinski definition) is 1. The number of aliphatic hydroxyl groups is 1. The Hall–Kier alpha value is -0.800. The molecule has 0 amide bonds. The molecule has 2 nitrogen and oxygen atoms in total. The molecule has 0 fully saturated rings. The summed E-state index contributed by atoms with van der Waals surface area (Å²) in [6.45, 7) is 4.06. The third kappa shape index (κ3) is 2.02. The molecule has 1 aromatic carbocycles. The molecule has 16 heavy (non-hydrogen) atoms. The fourth-order valence-electron chi connectivity index (χ4n) is 1.82. The average molecular weight is 283 g/mol. The second kappa shape index (κ2) is 4.60. The van der Waals surface area contributed by atoms with Crippen LogP contribution in [0.2, 0.25) is 0 Å². The van der Waals surface area contributed by atoms with E-state index in [1.807, 2.05) is 32.0 Å². The Morgan fingerprint density at radius 3 is 2.81 bits per heavy atom. The predicted octanol–water partition coefficient (Wildman–Crippen LogP) is 4.34. The second-order valence-corrected chi connectivity index (χ2v) is 4.91. The molecule has 86 valence electrons. The van der Waals surface area contributed by atoms with Gasteiger partial charge in [0.25, 0.3) is 0 Å². The van der Waals surface area contributed by atoms with Gasteiger partial charge in [0.05, 0.1) is 0 Å². The minimum Gasteiger partial charge on any atom is -0.458 e. The molecule has 0 aliphatic rings. The van der Waals surface area contributed by atoms with Crippen LogP contribution >= 0.6 is 15.9 Å². The van der Waals surface area contributed by atoms with Gasteiger partial charge in [0.1, 0.15) is 17.4 Å². The number of hydrogen-bond acceptors (Lipinski definition) is 2. The zero-order valence-corrected chi connectivity index (χ0v) is 11.0. The minimum atomic E-state index is -0.497. The number of halogens is 1. The van der Waals surface area contributed by atoms with Crippen molar-refractivity contribution in [3.63, 3.8) is 0 Å². The van der Waals surface area contributed by atoms with Crippen LogP contribution in [0.25, 0.3) is 11.0 Å². The molecule has 2 aromatic rings. The van der Waals surface area contributed by atoms with Crippen LogP contribution in [0.5, 0.6) is 0 Å². The maximum Gasteiger partial charge on any atom is 0.138 e. The Morgan fingerprint density at radius 1 is 1.44 bits per heavy atom. The van der Waals surface area contributed by atoms with E-state index in [9.17, 15) is 5.11 Å². The van der Waals surface area contributed by atoms with Crippen LogP contribution in [0.15, 0.2) is 27.1 Å². The molecule has 0 aliphatic carbocycles. The third-order valence-electron chi connectivity index (χ3n) is 2.74. The monoisotopic (exact) mass is 282 g/mol. The molecule has 0 saturated heterocycles. The lowest BCUT2D eigenvalue weighted by atomic mass is 10.1. The molecule has 1 aromatic heterocycles. The van der Waals surface area contributed by atoms with Crippen LogP contribution < -0.4 is 0 Å². The zero-order chi connectivity index (χ0) is 11.7. The molecule has 0 spiro atoms. The summed E-state index contributed by atoms with van der Waals surface area (Å²) >= 11 is 3.49. The van der Waals surface area contributed by atoms with E-state index in [1.54, 1.807) is 0 Å². The maximum absolute atomic E-state index is 9.89. The normalized spacial score (nSPS) is 13.2. The van der Waals surface area contributed by atoms with Crippen LogP contribution in [-0.2, 0) is 0 Å². The number of aryl methyl sites for hydroxylation is 1. The zero-order valence-electron chi connectivity index (χ0n) is 9.46. The largest absolute Gasteiger partial charge is 0.458 e. The third-order valence-corrected chi connectivity index (χ3v) is 3.43. The van der Waals surface area contributed by atoms with Crippen molar-refractivity contribution in [2.75, 3.05) is 0 Å². The molecule has 2 rings (SSSR count). The molecule has 0 bridgehead atoms. The number of benzene rings is 1. The molecule has 0 aliphatic heterocycles. The van der Waals surface area contributed by atoms with E-state index in [1.165, 1.54) is 0 Å². The lowest BCUT2D eigenvalue weighted by Crippen LogP contribution is -1.93. The number of fused-ring (bicyclic) bond motifs is 1. The van der Waals surface area contributed by atoms with Crippen molar-refractivity contribution in [1.82, 2.24) is 0 Å². The summed E-state index contributed by atoms with van der Waals surface area (Å²) in [4.78, 5) is 0. The van der Waals surface area contributed by atoms with E-state index in [2.05, 4.69) is 15.9 Å². The van der Waals surface area contributed by atoms with Gasteiger partial charge in [0, 0.05) is 9.86 Å². The van der Waals surface area contributed by atoms with Crippen molar-refractivity contribution in [3.8, 4) is 0 Å². The molecule has 0 radical (unpaired) electrons. The van der Waals surface area contributed by atoms with Gasteiger partial charge in [-0.3, -0.25) is 0 Å². The van der Waals surface area contributed by atoms with Crippen molar-refractivity contribution < 1.29 is 9.52 Å². The first-order valence-electron chi connectivity index (χ1n) is 5.50. The van der Waals surface area contributed by atoms with Crippen LogP contribution in [-0.4, -0.2) is 5.11 Å². The summed E-state index contributed by atoms with van der Waals surface area (Å²) in [7, 11) is 0. The number of furan rings is 1. The quantitative estimate of drug-likeness (QED) is 0.909. The fourth-order valence-corrected chi connectivity index (χ4v) is 2.25. The Bertz CT molecular complexity index is 463. The van der Waals surface area contributed by atoms with E-state index in [-0.39, 0.29) is 0 Å². The predicted molar refractivity (Wildman–Crippen MR) is 68.5 cm³/mol. The van der Waals surface area contributed by atoms with Gasteiger partial charge in [-0.25, -0.2) is 0 Å². The highest BCUT2D eigenvalue weighted by atomic mass is 79.9. The van der Waals surface area contributed by atoms with Gasteiger partial charge in [-0.15, -0.1) is 0 Å². The molecule has 1 atom stereocenters. The first kappa shape index (κ1) is 11.7. The van der Waals surface area contributed by atoms with Gasteiger partial charge >= 0.3 is 0 Å². The molecular formula is C13H15BrO2. The van der Waals surface area contributed by atoms with Crippen molar-refractivity contribution >= 4 is 26.9 Å². The van der Waals surface area contributed by atoms with Gasteiger partial charge in [-0.1, -0.05) is 35.3 Å². The molecule has 0 saturated carbocycles. The standard InChI is InChI=1S/C13H15BrO2/c1-3-4-11(15)12-7-9-10(14)6-5-8(2)13(9)16-12/h5-7,11,15H,3-4H2,1-2H3. The number of aliphatic hydroxyl groups excluding tert-OH is 1. The average Bonchev–Trinajstić information content (AvgIpc) is 2.70. The van der Waals surface area contributed by atoms with Crippen molar-refractivity contribution in [1.29, 1.82) is 0 Å². The molecule has 1 unspecified atom stereocenters. The fraction of sp³-hybridized carbons (Fsp3) is 0.385. The summed E-state index contributed by atoms with van der Waals surface area (Å²) < 4.78 is 6.72. The van der Waals surface area contributed by atoms with Crippen molar-refractivity contribution in [2.24, 2.45) is 0 Å². The molecular weight excluding hydrogens is 268 g/mol. The van der Waals surface area contributed by atoms with Gasteiger partial charge < -0.3 is 9.52 Å². The Balaban J connectivity index is 2.51. The Kier molecular flexibility index (Phi) is 3.36. The second-order valence-electron chi connectivity index (χ2n) is 4.06. The smallest absolute Gasteiger partial charge is 0.138 e. The molecule has 1 heterocycles. The van der Waals surface area contributed by atoms with Crippen molar-refractivity contribution in [3.05, 3.63) is 34.0 Å². The van der Waals surface area contributed by atoms with Crippen LogP contribution in [0.1, 0.15) is 37.2 Å². The lowest BCUT2D eigenvalue weighted by Gasteiger charge is -2.03. The van der Waals surface area contributed by atoms with Crippen LogP contribution in [0.3, 0.4) is 0 Å². The Morgan fingerprint density at radius 2 is 2.19 bits per heavy atom. The molecule has 3 heteroatoms. The van der Waals surface area contributed by atoms with Gasteiger partial charge in [-0.05, 0) is 31.0 Å². The SMILES string of the molecule is CCCC(O)c1cc2c(Br)ccc(C)c2o1. The van der Waals surface area contributed by atoms with Gasteiger partial charge in [-0.2, -0.15) is 0 Å².